The Morgan fingerprint density at radius 1 is 1.45 bits per heavy atom. The molecule has 2 heterocycles. The third-order valence-electron chi connectivity index (χ3n) is 2.64. The summed E-state index contributed by atoms with van der Waals surface area (Å²) < 4.78 is 7.02. The van der Waals surface area contributed by atoms with Gasteiger partial charge in [-0.15, -0.1) is 0 Å². The summed E-state index contributed by atoms with van der Waals surface area (Å²) in [4.78, 5) is 19.8. The zero-order valence-electron chi connectivity index (χ0n) is 11.8. The van der Waals surface area contributed by atoms with Crippen LogP contribution in [0.5, 0.6) is 0 Å². The second-order valence-electron chi connectivity index (χ2n) is 4.50. The molecule has 0 aromatic carbocycles. The van der Waals surface area contributed by atoms with Gasteiger partial charge in [0.2, 0.25) is 11.8 Å². The Kier molecular flexibility index (Phi) is 4.34. The van der Waals surface area contributed by atoms with Crippen LogP contribution in [0.1, 0.15) is 38.5 Å². The number of carbonyl (C=O) groups is 1. The van der Waals surface area contributed by atoms with Crippen LogP contribution in [0.25, 0.3) is 0 Å². The highest BCUT2D eigenvalue weighted by molar-refractivity contribution is 5.87. The molecule has 0 radical (unpaired) electrons. The number of carbonyl (C=O) groups excluding carboxylic acids is 1. The van der Waals surface area contributed by atoms with E-state index in [0.717, 1.165) is 12.2 Å². The number of hydrogen-bond donors (Lipinski definition) is 2. The van der Waals surface area contributed by atoms with Gasteiger partial charge in [0.25, 0.3) is 0 Å². The lowest BCUT2D eigenvalue weighted by Crippen LogP contribution is -2.30. The van der Waals surface area contributed by atoms with E-state index in [4.69, 9.17) is 4.42 Å². The van der Waals surface area contributed by atoms with E-state index in [-0.39, 0.29) is 18.6 Å². The maximum atomic E-state index is 11.8. The highest BCUT2D eigenvalue weighted by atomic mass is 16.4. The van der Waals surface area contributed by atoms with Crippen molar-refractivity contribution in [2.24, 2.45) is 0 Å². The zero-order chi connectivity index (χ0) is 14.5. The smallest absolute Gasteiger partial charge is 0.322 e. The largest absolute Gasteiger partial charge is 0.444 e. The lowest BCUT2D eigenvalue weighted by molar-refractivity contribution is 0.250. The van der Waals surface area contributed by atoms with Gasteiger partial charge < -0.3 is 9.73 Å². The molecule has 8 heteroatoms. The van der Waals surface area contributed by atoms with Crippen molar-refractivity contribution in [2.45, 2.75) is 39.8 Å². The summed E-state index contributed by atoms with van der Waals surface area (Å²) in [6.45, 7) is 6.11. The molecule has 0 unspecified atom stereocenters. The van der Waals surface area contributed by atoms with Gasteiger partial charge in [0.1, 0.15) is 12.1 Å². The number of aryl methyl sites for hydroxylation is 1. The first kappa shape index (κ1) is 14.0. The van der Waals surface area contributed by atoms with Gasteiger partial charge in [0.15, 0.2) is 0 Å². The first-order chi connectivity index (χ1) is 9.60. The fourth-order valence-electron chi connectivity index (χ4n) is 1.61. The number of aromatic nitrogens is 4. The van der Waals surface area contributed by atoms with Crippen LogP contribution in [-0.2, 0) is 13.0 Å². The minimum absolute atomic E-state index is 0.117. The summed E-state index contributed by atoms with van der Waals surface area (Å²) in [5, 5.41) is 9.32. The monoisotopic (exact) mass is 278 g/mol. The Morgan fingerprint density at radius 3 is 2.90 bits per heavy atom. The summed E-state index contributed by atoms with van der Waals surface area (Å²) in [5.41, 5.74) is 0. The van der Waals surface area contributed by atoms with E-state index in [2.05, 4.69) is 25.7 Å². The van der Waals surface area contributed by atoms with Gasteiger partial charge in [-0.05, 0) is 13.8 Å². The molecule has 0 fully saturated rings. The molecule has 2 rings (SSSR count). The lowest BCUT2D eigenvalue weighted by atomic mass is 10.4. The molecule has 2 N–H and O–H groups in total. The Bertz CT molecular complexity index is 574. The number of anilines is 1. The molecular formula is C12H18N6O2. The van der Waals surface area contributed by atoms with Crippen LogP contribution in [0.15, 0.2) is 16.9 Å². The highest BCUT2D eigenvalue weighted by Gasteiger charge is 2.11. The molecule has 8 nitrogen and oxygen atoms in total. The van der Waals surface area contributed by atoms with Gasteiger partial charge >= 0.3 is 6.03 Å². The van der Waals surface area contributed by atoms with Crippen molar-refractivity contribution in [1.82, 2.24) is 25.1 Å². The van der Waals surface area contributed by atoms with Crippen LogP contribution in [0.4, 0.5) is 10.7 Å². The van der Waals surface area contributed by atoms with E-state index in [1.165, 1.54) is 6.33 Å². The molecular weight excluding hydrogens is 260 g/mol. The van der Waals surface area contributed by atoms with Crippen LogP contribution in [-0.4, -0.2) is 25.8 Å². The molecule has 108 valence electrons. The first-order valence-corrected chi connectivity index (χ1v) is 6.48. The molecule has 0 bridgehead atoms. The van der Waals surface area contributed by atoms with Crippen LogP contribution in [0.3, 0.4) is 0 Å². The van der Waals surface area contributed by atoms with E-state index in [0.29, 0.717) is 11.8 Å². The predicted octanol–water partition coefficient (Wildman–Crippen LogP) is 1.73. The van der Waals surface area contributed by atoms with Gasteiger partial charge in [-0.2, -0.15) is 10.1 Å². The summed E-state index contributed by atoms with van der Waals surface area (Å²) in [5.74, 6) is 1.67. The molecule has 2 aromatic heterocycles. The molecule has 2 amide bonds. The maximum absolute atomic E-state index is 11.8. The number of amides is 2. The molecule has 0 aliphatic heterocycles. The molecule has 0 spiro atoms. The lowest BCUT2D eigenvalue weighted by Gasteiger charge is -2.10. The fraction of sp³-hybridized carbons (Fsp3) is 0.500. The molecule has 2 aromatic rings. The van der Waals surface area contributed by atoms with E-state index >= 15 is 0 Å². The van der Waals surface area contributed by atoms with Gasteiger partial charge in [-0.3, -0.25) is 5.32 Å². The minimum atomic E-state index is -0.379. The van der Waals surface area contributed by atoms with Crippen LogP contribution in [0.2, 0.25) is 0 Å². The third kappa shape index (κ3) is 3.34. The molecule has 0 saturated heterocycles. The molecule has 20 heavy (non-hydrogen) atoms. The second-order valence-corrected chi connectivity index (χ2v) is 4.50. The SMILES string of the molecule is CCc1cnc(CNC(=O)Nc2ncnn2C(C)C)o1. The van der Waals surface area contributed by atoms with Crippen molar-refractivity contribution in [3.63, 3.8) is 0 Å². The average Bonchev–Trinajstić information content (AvgIpc) is 3.04. The number of oxazole rings is 1. The van der Waals surface area contributed by atoms with Crippen molar-refractivity contribution in [1.29, 1.82) is 0 Å². The summed E-state index contributed by atoms with van der Waals surface area (Å²) in [7, 11) is 0. The normalized spacial score (nSPS) is 10.8. The quantitative estimate of drug-likeness (QED) is 0.868. The standard InChI is InChI=1S/C12H18N6O2/c1-4-9-5-13-10(20-9)6-14-12(19)17-11-15-7-16-18(11)8(2)3/h5,7-8H,4,6H2,1-3H3,(H2,14,15,16,17,19). The number of nitrogens with one attached hydrogen (secondary N) is 2. The highest BCUT2D eigenvalue weighted by Crippen LogP contribution is 2.09. The van der Waals surface area contributed by atoms with E-state index in [1.807, 2.05) is 20.8 Å². The maximum Gasteiger partial charge on any atom is 0.322 e. The average molecular weight is 278 g/mol. The van der Waals surface area contributed by atoms with Crippen molar-refractivity contribution in [2.75, 3.05) is 5.32 Å². The van der Waals surface area contributed by atoms with E-state index in [1.54, 1.807) is 10.9 Å². The molecule has 0 atom stereocenters. The molecule has 0 aliphatic carbocycles. The van der Waals surface area contributed by atoms with E-state index < -0.39 is 0 Å². The summed E-state index contributed by atoms with van der Waals surface area (Å²) in [6.07, 6.45) is 3.83. The third-order valence-corrected chi connectivity index (χ3v) is 2.64. The minimum Gasteiger partial charge on any atom is -0.444 e. The first-order valence-electron chi connectivity index (χ1n) is 6.48. The Hall–Kier alpha value is -2.38. The van der Waals surface area contributed by atoms with Crippen molar-refractivity contribution in [3.05, 3.63) is 24.2 Å². The number of hydrogen-bond acceptors (Lipinski definition) is 5. The fourth-order valence-corrected chi connectivity index (χ4v) is 1.61. The van der Waals surface area contributed by atoms with Crippen LogP contribution in [0, 0.1) is 0 Å². The van der Waals surface area contributed by atoms with Crippen molar-refractivity contribution in [3.8, 4) is 0 Å². The van der Waals surface area contributed by atoms with E-state index in [9.17, 15) is 4.79 Å². The van der Waals surface area contributed by atoms with Gasteiger partial charge in [-0.1, -0.05) is 6.92 Å². The Labute approximate surface area is 116 Å². The topological polar surface area (TPSA) is 97.9 Å². The second kappa shape index (κ2) is 6.18. The summed E-state index contributed by atoms with van der Waals surface area (Å²) >= 11 is 0. The van der Waals surface area contributed by atoms with Crippen molar-refractivity contribution >= 4 is 12.0 Å². The van der Waals surface area contributed by atoms with Gasteiger partial charge in [-0.25, -0.2) is 14.5 Å². The van der Waals surface area contributed by atoms with Gasteiger partial charge in [0.05, 0.1) is 18.8 Å². The molecule has 0 aliphatic rings. The Balaban J connectivity index is 1.87. The van der Waals surface area contributed by atoms with Gasteiger partial charge in [0, 0.05) is 6.42 Å². The molecule has 0 saturated carbocycles. The Morgan fingerprint density at radius 2 is 2.25 bits per heavy atom. The number of nitrogens with zero attached hydrogens (tertiary/aromatic N) is 4. The zero-order valence-corrected chi connectivity index (χ0v) is 11.8. The van der Waals surface area contributed by atoms with Crippen molar-refractivity contribution < 1.29 is 9.21 Å². The van der Waals surface area contributed by atoms with Crippen LogP contribution >= 0.6 is 0 Å². The predicted molar refractivity (Wildman–Crippen MR) is 72.1 cm³/mol. The number of urea groups is 1. The number of rotatable bonds is 5. The summed E-state index contributed by atoms with van der Waals surface area (Å²) in [6, 6.07) is -0.261. The van der Waals surface area contributed by atoms with Crippen LogP contribution < -0.4 is 10.6 Å².